The first-order valence-electron chi connectivity index (χ1n) is 9.43. The number of sulfone groups is 1. The van der Waals surface area contributed by atoms with Gasteiger partial charge in [0.05, 0.1) is 5.69 Å². The minimum Gasteiger partial charge on any atom is -0.325 e. The lowest BCUT2D eigenvalue weighted by molar-refractivity contribution is 0.599. The lowest BCUT2D eigenvalue weighted by atomic mass is 10.1. The Labute approximate surface area is 183 Å². The van der Waals surface area contributed by atoms with Crippen LogP contribution in [0.25, 0.3) is 43.7 Å². The zero-order valence-corrected chi connectivity index (χ0v) is 18.4. The first-order chi connectivity index (χ1) is 14.9. The normalized spacial score (nSPS) is 11.8. The van der Waals surface area contributed by atoms with Crippen LogP contribution in [0, 0.1) is 0 Å². The lowest BCUT2D eigenvalue weighted by Crippen LogP contribution is -2.02. The molecule has 0 N–H and O–H groups in total. The second-order valence-corrected chi connectivity index (χ2v) is 9.96. The Hall–Kier alpha value is -3.43. The van der Waals surface area contributed by atoms with Gasteiger partial charge in [0.2, 0.25) is 0 Å². The molecule has 0 saturated carbocycles. The summed E-state index contributed by atoms with van der Waals surface area (Å²) in [5.41, 5.74) is 3.78. The second kappa shape index (κ2) is 7.36. The monoisotopic (exact) mass is 447 g/mol. The van der Waals surface area contributed by atoms with Gasteiger partial charge in [0.1, 0.15) is 33.2 Å². The van der Waals surface area contributed by atoms with E-state index in [-0.39, 0.29) is 10.5 Å². The predicted octanol–water partition coefficient (Wildman–Crippen LogP) is 4.22. The number of imidazole rings is 1. The summed E-state index contributed by atoms with van der Waals surface area (Å²) in [4.78, 5) is 18.3. The number of aromatic nitrogens is 5. The third-order valence-electron chi connectivity index (χ3n) is 4.89. The molecule has 5 aromatic rings. The van der Waals surface area contributed by atoms with E-state index in [9.17, 15) is 8.42 Å². The van der Waals surface area contributed by atoms with Gasteiger partial charge in [0.25, 0.3) is 0 Å². The Morgan fingerprint density at radius 2 is 1.52 bits per heavy atom. The Morgan fingerprint density at radius 1 is 0.871 bits per heavy atom. The molecule has 154 valence electrons. The summed E-state index contributed by atoms with van der Waals surface area (Å²) in [6, 6.07) is 19.8. The summed E-state index contributed by atoms with van der Waals surface area (Å²) in [6.07, 6.45) is 2.39. The van der Waals surface area contributed by atoms with Crippen molar-refractivity contribution in [2.75, 3.05) is 6.26 Å². The largest absolute Gasteiger partial charge is 0.325 e. The fraction of sp³-hybridized carbons (Fsp3) is 0.0909. The smallest absolute Gasteiger partial charge is 0.195 e. The van der Waals surface area contributed by atoms with Crippen LogP contribution in [0.3, 0.4) is 0 Å². The summed E-state index contributed by atoms with van der Waals surface area (Å²) < 4.78 is 26.4. The van der Waals surface area contributed by atoms with Crippen LogP contribution in [0.5, 0.6) is 0 Å². The van der Waals surface area contributed by atoms with Gasteiger partial charge in [-0.3, -0.25) is 0 Å². The van der Waals surface area contributed by atoms with Crippen LogP contribution in [0.4, 0.5) is 0 Å². The fourth-order valence-corrected chi connectivity index (χ4v) is 5.28. The quantitative estimate of drug-likeness (QED) is 0.383. The summed E-state index contributed by atoms with van der Waals surface area (Å²) in [5.74, 6) is 0.795. The predicted molar refractivity (Wildman–Crippen MR) is 121 cm³/mol. The molecular formula is C22H17N5O2S2. The van der Waals surface area contributed by atoms with Gasteiger partial charge >= 0.3 is 0 Å². The molecule has 0 fully saturated rings. The van der Waals surface area contributed by atoms with Crippen LogP contribution < -0.4 is 0 Å². The van der Waals surface area contributed by atoms with E-state index in [0.29, 0.717) is 9.84 Å². The van der Waals surface area contributed by atoms with Crippen molar-refractivity contribution in [1.29, 1.82) is 0 Å². The van der Waals surface area contributed by atoms with Gasteiger partial charge in [-0.05, 0) is 0 Å². The molecule has 0 radical (unpaired) electrons. The maximum atomic E-state index is 12.2. The van der Waals surface area contributed by atoms with Crippen molar-refractivity contribution >= 4 is 31.5 Å². The highest BCUT2D eigenvalue weighted by atomic mass is 32.2. The topological polar surface area (TPSA) is 90.6 Å². The van der Waals surface area contributed by atoms with Crippen molar-refractivity contribution in [2.45, 2.75) is 5.03 Å². The third-order valence-corrected chi connectivity index (χ3v) is 6.86. The number of benzene rings is 2. The van der Waals surface area contributed by atoms with Gasteiger partial charge in [0.15, 0.2) is 14.9 Å². The molecule has 0 aliphatic heterocycles. The maximum absolute atomic E-state index is 12.2. The maximum Gasteiger partial charge on any atom is 0.195 e. The lowest BCUT2D eigenvalue weighted by Gasteiger charge is -2.05. The number of hydrogen-bond acceptors (Lipinski definition) is 7. The molecule has 0 bridgehead atoms. The van der Waals surface area contributed by atoms with E-state index in [1.165, 1.54) is 17.7 Å². The molecule has 0 unspecified atom stereocenters. The van der Waals surface area contributed by atoms with Gasteiger partial charge in [-0.1, -0.05) is 72.0 Å². The van der Waals surface area contributed by atoms with Crippen LogP contribution in [0.2, 0.25) is 0 Å². The summed E-state index contributed by atoms with van der Waals surface area (Å²) in [7, 11) is -1.60. The number of fused-ring (bicyclic) bond motifs is 1. The summed E-state index contributed by atoms with van der Waals surface area (Å²) in [5, 5.41) is 0.572. The first-order valence-corrected chi connectivity index (χ1v) is 12.1. The number of nitrogens with zero attached hydrogens (tertiary/aromatic N) is 5. The van der Waals surface area contributed by atoms with Crippen molar-refractivity contribution in [3.63, 3.8) is 0 Å². The number of rotatable bonds is 4. The average Bonchev–Trinajstić information content (AvgIpc) is 3.34. The molecule has 3 aromatic heterocycles. The van der Waals surface area contributed by atoms with Crippen molar-refractivity contribution < 1.29 is 8.42 Å². The molecule has 2 aromatic carbocycles. The van der Waals surface area contributed by atoms with Crippen LogP contribution in [-0.4, -0.2) is 39.2 Å². The van der Waals surface area contributed by atoms with Crippen LogP contribution in [0.1, 0.15) is 0 Å². The van der Waals surface area contributed by atoms with E-state index in [4.69, 9.17) is 4.98 Å². The molecule has 0 saturated heterocycles. The zero-order chi connectivity index (χ0) is 21.6. The standard InChI is InChI=1S/C22H17N5O2S2/c1-27-18(21-26-17-20(30-21)23-13-24-22(17)31(2,28)29)16(14-9-5-3-6-10-14)25-19(27)15-11-7-4-8-12-15/h3-13H,1-2H3. The minimum absolute atomic E-state index is 0.0632. The molecule has 7 nitrogen and oxygen atoms in total. The Balaban J connectivity index is 1.80. The van der Waals surface area contributed by atoms with Gasteiger partial charge in [0, 0.05) is 24.4 Å². The SMILES string of the molecule is Cn1c(-c2ccccc2)nc(-c2ccccc2)c1-c1nc2c(S(C)(=O)=O)ncnc2s1. The van der Waals surface area contributed by atoms with E-state index in [2.05, 4.69) is 15.0 Å². The van der Waals surface area contributed by atoms with E-state index in [1.807, 2.05) is 72.3 Å². The highest BCUT2D eigenvalue weighted by molar-refractivity contribution is 7.90. The van der Waals surface area contributed by atoms with Crippen LogP contribution >= 0.6 is 11.3 Å². The van der Waals surface area contributed by atoms with Crippen molar-refractivity contribution in [1.82, 2.24) is 24.5 Å². The highest BCUT2D eigenvalue weighted by Gasteiger charge is 2.24. The van der Waals surface area contributed by atoms with Crippen molar-refractivity contribution in [3.05, 3.63) is 67.0 Å². The number of thiazole rings is 1. The average molecular weight is 448 g/mol. The van der Waals surface area contributed by atoms with Gasteiger partial charge < -0.3 is 4.57 Å². The van der Waals surface area contributed by atoms with Crippen LogP contribution in [-0.2, 0) is 16.9 Å². The van der Waals surface area contributed by atoms with E-state index in [0.717, 1.165) is 34.6 Å². The molecule has 3 heterocycles. The highest BCUT2D eigenvalue weighted by Crippen LogP contribution is 2.39. The molecule has 0 amide bonds. The fourth-order valence-electron chi connectivity index (χ4n) is 3.49. The molecule has 31 heavy (non-hydrogen) atoms. The Morgan fingerprint density at radius 3 is 2.16 bits per heavy atom. The third kappa shape index (κ3) is 3.41. The minimum atomic E-state index is -3.54. The summed E-state index contributed by atoms with van der Waals surface area (Å²) >= 11 is 1.32. The van der Waals surface area contributed by atoms with Crippen molar-refractivity contribution in [3.8, 4) is 33.3 Å². The van der Waals surface area contributed by atoms with Crippen molar-refractivity contribution in [2.24, 2.45) is 7.05 Å². The molecule has 0 aliphatic carbocycles. The zero-order valence-electron chi connectivity index (χ0n) is 16.7. The van der Waals surface area contributed by atoms with Gasteiger partial charge in [-0.15, -0.1) is 0 Å². The van der Waals surface area contributed by atoms with Gasteiger partial charge in [-0.25, -0.2) is 28.4 Å². The van der Waals surface area contributed by atoms with Crippen LogP contribution in [0.15, 0.2) is 72.0 Å². The Kier molecular flexibility index (Phi) is 4.64. The molecule has 9 heteroatoms. The summed E-state index contributed by atoms with van der Waals surface area (Å²) in [6.45, 7) is 0. The van der Waals surface area contributed by atoms with E-state index >= 15 is 0 Å². The Bertz CT molecular complexity index is 1510. The number of hydrogen-bond donors (Lipinski definition) is 0. The first kappa shape index (κ1) is 19.5. The van der Waals surface area contributed by atoms with Gasteiger partial charge in [-0.2, -0.15) is 0 Å². The molecule has 0 spiro atoms. The van der Waals surface area contributed by atoms with E-state index in [1.54, 1.807) is 0 Å². The molecule has 5 rings (SSSR count). The molecular weight excluding hydrogens is 430 g/mol. The molecule has 0 atom stereocenters. The molecule has 0 aliphatic rings. The second-order valence-electron chi connectivity index (χ2n) is 7.05. The van der Waals surface area contributed by atoms with E-state index < -0.39 is 9.84 Å².